The molecular formula is C20H22N4O5. The molecule has 0 spiro atoms. The molecule has 0 saturated heterocycles. The Labute approximate surface area is 167 Å². The maximum absolute atomic E-state index is 12.5. The Morgan fingerprint density at radius 2 is 1.76 bits per heavy atom. The van der Waals surface area contributed by atoms with Crippen molar-refractivity contribution >= 4 is 29.1 Å². The van der Waals surface area contributed by atoms with E-state index < -0.39 is 10.8 Å². The lowest BCUT2D eigenvalue weighted by atomic mass is 10.1. The monoisotopic (exact) mass is 398 g/mol. The van der Waals surface area contributed by atoms with Gasteiger partial charge in [0.2, 0.25) is 17.7 Å². The minimum absolute atomic E-state index is 0.0635. The third-order valence-corrected chi connectivity index (χ3v) is 4.33. The fourth-order valence-corrected chi connectivity index (χ4v) is 2.75. The van der Waals surface area contributed by atoms with Crippen LogP contribution in [0, 0.1) is 10.1 Å². The molecule has 0 bridgehead atoms. The van der Waals surface area contributed by atoms with Crippen LogP contribution in [0.25, 0.3) is 0 Å². The van der Waals surface area contributed by atoms with Gasteiger partial charge in [0.25, 0.3) is 5.69 Å². The maximum atomic E-state index is 12.5. The molecule has 0 saturated carbocycles. The summed E-state index contributed by atoms with van der Waals surface area (Å²) in [6.07, 6.45) is -0.0464. The first-order valence-corrected chi connectivity index (χ1v) is 9.01. The normalized spacial score (nSPS) is 10.2. The van der Waals surface area contributed by atoms with Gasteiger partial charge in [-0.2, -0.15) is 0 Å². The van der Waals surface area contributed by atoms with Gasteiger partial charge < -0.3 is 16.0 Å². The predicted octanol–water partition coefficient (Wildman–Crippen LogP) is 2.11. The van der Waals surface area contributed by atoms with E-state index in [0.29, 0.717) is 23.4 Å². The molecule has 0 aromatic heterocycles. The van der Waals surface area contributed by atoms with Gasteiger partial charge >= 0.3 is 0 Å². The molecule has 9 nitrogen and oxygen atoms in total. The van der Waals surface area contributed by atoms with E-state index in [1.807, 2.05) is 0 Å². The standard InChI is InChI=1S/C20H22N4O5/c1-2-23(19(26)13-15-5-3-4-6-17(15)24(28)29)12-11-18(25)22-16-9-7-14(8-10-16)20(21)27/h3-10H,2,11-13H2,1H3,(H2,21,27)(H,22,25). The highest BCUT2D eigenvalue weighted by molar-refractivity contribution is 5.95. The Morgan fingerprint density at radius 3 is 2.34 bits per heavy atom. The van der Waals surface area contributed by atoms with E-state index in [-0.39, 0.29) is 36.9 Å². The lowest BCUT2D eigenvalue weighted by Crippen LogP contribution is -2.34. The fourth-order valence-electron chi connectivity index (χ4n) is 2.75. The quantitative estimate of drug-likeness (QED) is 0.492. The van der Waals surface area contributed by atoms with Crippen LogP contribution in [0.15, 0.2) is 48.5 Å². The number of hydrogen-bond acceptors (Lipinski definition) is 5. The number of rotatable bonds is 9. The third kappa shape index (κ3) is 6.13. The van der Waals surface area contributed by atoms with Gasteiger partial charge in [0.05, 0.1) is 11.3 Å². The van der Waals surface area contributed by atoms with Crippen molar-refractivity contribution in [3.8, 4) is 0 Å². The smallest absolute Gasteiger partial charge is 0.273 e. The molecule has 0 aliphatic rings. The first-order valence-electron chi connectivity index (χ1n) is 9.01. The molecule has 0 fully saturated rings. The van der Waals surface area contributed by atoms with Crippen molar-refractivity contribution in [1.82, 2.24) is 4.90 Å². The van der Waals surface area contributed by atoms with Gasteiger partial charge in [-0.3, -0.25) is 24.5 Å². The van der Waals surface area contributed by atoms with Crippen LogP contribution in [-0.2, 0) is 16.0 Å². The topological polar surface area (TPSA) is 136 Å². The average Bonchev–Trinajstić information content (AvgIpc) is 2.69. The van der Waals surface area contributed by atoms with Crippen LogP contribution in [0.2, 0.25) is 0 Å². The van der Waals surface area contributed by atoms with Crippen molar-refractivity contribution < 1.29 is 19.3 Å². The molecule has 29 heavy (non-hydrogen) atoms. The number of likely N-dealkylation sites (N-methyl/N-ethyl adjacent to an activating group) is 1. The highest BCUT2D eigenvalue weighted by Gasteiger charge is 2.19. The van der Waals surface area contributed by atoms with Gasteiger partial charge in [-0.05, 0) is 31.2 Å². The molecule has 2 aromatic carbocycles. The van der Waals surface area contributed by atoms with Crippen LogP contribution in [0.1, 0.15) is 29.3 Å². The van der Waals surface area contributed by atoms with Gasteiger partial charge in [-0.1, -0.05) is 18.2 Å². The van der Waals surface area contributed by atoms with Crippen molar-refractivity contribution in [2.75, 3.05) is 18.4 Å². The summed E-state index contributed by atoms with van der Waals surface area (Å²) < 4.78 is 0. The summed E-state index contributed by atoms with van der Waals surface area (Å²) in [7, 11) is 0. The lowest BCUT2D eigenvalue weighted by Gasteiger charge is -2.20. The first kappa shape index (κ1) is 21.5. The summed E-state index contributed by atoms with van der Waals surface area (Å²) in [5, 5.41) is 13.8. The van der Waals surface area contributed by atoms with Gasteiger partial charge in [0.15, 0.2) is 0 Å². The number of anilines is 1. The summed E-state index contributed by atoms with van der Waals surface area (Å²) in [6, 6.07) is 12.2. The number of hydrogen-bond donors (Lipinski definition) is 2. The van der Waals surface area contributed by atoms with Gasteiger partial charge in [0.1, 0.15) is 0 Å². The Bertz CT molecular complexity index is 911. The summed E-state index contributed by atoms with van der Waals surface area (Å²) in [4.78, 5) is 47.8. The molecule has 0 heterocycles. The molecule has 0 aliphatic carbocycles. The van der Waals surface area contributed by atoms with Gasteiger partial charge in [-0.15, -0.1) is 0 Å². The number of amides is 3. The number of benzene rings is 2. The Kier molecular flexibility index (Phi) is 7.41. The molecule has 0 atom stereocenters. The second kappa shape index (κ2) is 9.98. The molecule has 3 N–H and O–H groups in total. The van der Waals surface area contributed by atoms with Crippen LogP contribution in [0.3, 0.4) is 0 Å². The zero-order valence-corrected chi connectivity index (χ0v) is 16.0. The average molecular weight is 398 g/mol. The van der Waals surface area contributed by atoms with E-state index in [9.17, 15) is 24.5 Å². The van der Waals surface area contributed by atoms with E-state index in [2.05, 4.69) is 5.32 Å². The minimum atomic E-state index is -0.557. The molecule has 2 aromatic rings. The number of nitro benzene ring substituents is 1. The summed E-state index contributed by atoms with van der Waals surface area (Å²) in [5.74, 6) is -1.15. The number of nitrogens with zero attached hydrogens (tertiary/aromatic N) is 2. The number of primary amides is 1. The number of nitrogens with two attached hydrogens (primary N) is 1. The van der Waals surface area contributed by atoms with Crippen molar-refractivity contribution in [3.63, 3.8) is 0 Å². The molecule has 0 aliphatic heterocycles. The zero-order chi connectivity index (χ0) is 21.4. The highest BCUT2D eigenvalue weighted by Crippen LogP contribution is 2.19. The number of nitro groups is 1. The van der Waals surface area contributed by atoms with E-state index in [1.54, 1.807) is 37.3 Å². The van der Waals surface area contributed by atoms with Crippen molar-refractivity contribution in [3.05, 3.63) is 69.8 Å². The minimum Gasteiger partial charge on any atom is -0.366 e. The molecule has 9 heteroatoms. The molecule has 0 unspecified atom stereocenters. The van der Waals surface area contributed by atoms with Crippen molar-refractivity contribution in [2.45, 2.75) is 19.8 Å². The number of carbonyl (C=O) groups excluding carboxylic acids is 3. The summed E-state index contributed by atoms with van der Waals surface area (Å²) in [5.41, 5.74) is 6.24. The van der Waals surface area contributed by atoms with Crippen LogP contribution >= 0.6 is 0 Å². The largest absolute Gasteiger partial charge is 0.366 e. The highest BCUT2D eigenvalue weighted by atomic mass is 16.6. The number of nitrogens with one attached hydrogen (secondary N) is 1. The SMILES string of the molecule is CCN(CCC(=O)Nc1ccc(C(N)=O)cc1)C(=O)Cc1ccccc1[N+](=O)[O-]. The molecule has 3 amide bonds. The van der Waals surface area contributed by atoms with Gasteiger partial charge in [0, 0.05) is 42.4 Å². The van der Waals surface area contributed by atoms with Crippen LogP contribution < -0.4 is 11.1 Å². The Hall–Kier alpha value is -3.75. The zero-order valence-electron chi connectivity index (χ0n) is 16.0. The van der Waals surface area contributed by atoms with Crippen LogP contribution in [0.5, 0.6) is 0 Å². The number of carbonyl (C=O) groups is 3. The second-order valence-corrected chi connectivity index (χ2v) is 6.28. The Morgan fingerprint density at radius 1 is 1.10 bits per heavy atom. The molecular weight excluding hydrogens is 376 g/mol. The van der Waals surface area contributed by atoms with E-state index in [1.165, 1.54) is 23.1 Å². The molecule has 2 rings (SSSR count). The van der Waals surface area contributed by atoms with Gasteiger partial charge in [-0.25, -0.2) is 0 Å². The Balaban J connectivity index is 1.92. The van der Waals surface area contributed by atoms with Crippen LogP contribution in [-0.4, -0.2) is 40.6 Å². The van der Waals surface area contributed by atoms with Crippen LogP contribution in [0.4, 0.5) is 11.4 Å². The second-order valence-electron chi connectivity index (χ2n) is 6.28. The van der Waals surface area contributed by atoms with E-state index in [0.717, 1.165) is 0 Å². The third-order valence-electron chi connectivity index (χ3n) is 4.33. The van der Waals surface area contributed by atoms with Crippen molar-refractivity contribution in [1.29, 1.82) is 0 Å². The summed E-state index contributed by atoms with van der Waals surface area (Å²) >= 11 is 0. The number of para-hydroxylation sites is 1. The lowest BCUT2D eigenvalue weighted by molar-refractivity contribution is -0.385. The first-order chi connectivity index (χ1) is 13.8. The summed E-state index contributed by atoms with van der Waals surface area (Å²) in [6.45, 7) is 2.33. The predicted molar refractivity (Wildman–Crippen MR) is 107 cm³/mol. The fraction of sp³-hybridized carbons (Fsp3) is 0.250. The van der Waals surface area contributed by atoms with E-state index >= 15 is 0 Å². The maximum Gasteiger partial charge on any atom is 0.273 e. The van der Waals surface area contributed by atoms with Crippen molar-refractivity contribution in [2.24, 2.45) is 5.73 Å². The van der Waals surface area contributed by atoms with E-state index in [4.69, 9.17) is 5.73 Å². The molecule has 152 valence electrons. The molecule has 0 radical (unpaired) electrons.